The molecule has 3 aromatic heterocycles. The van der Waals surface area contributed by atoms with Crippen molar-refractivity contribution in [3.8, 4) is 27.9 Å². The van der Waals surface area contributed by atoms with E-state index in [9.17, 15) is 0 Å². The van der Waals surface area contributed by atoms with Crippen LogP contribution in [0.25, 0.3) is 101 Å². The van der Waals surface area contributed by atoms with Crippen LogP contribution < -0.4 is 4.90 Å². The van der Waals surface area contributed by atoms with Gasteiger partial charge >= 0.3 is 0 Å². The maximum atomic E-state index is 2.54. The third-order valence-corrected chi connectivity index (χ3v) is 14.8. The van der Waals surface area contributed by atoms with Crippen LogP contribution in [0.3, 0.4) is 0 Å². The Morgan fingerprint density at radius 3 is 1.92 bits per heavy atom. The molecule has 3 heterocycles. The molecule has 0 aliphatic rings. The summed E-state index contributed by atoms with van der Waals surface area (Å²) in [6.45, 7) is 0. The Labute approximate surface area is 366 Å². The summed E-state index contributed by atoms with van der Waals surface area (Å²) in [6, 6.07) is 80.6. The molecule has 10 aromatic carbocycles. The van der Waals surface area contributed by atoms with E-state index in [0.717, 1.165) is 22.7 Å². The molecule has 0 saturated carbocycles. The first-order valence-electron chi connectivity index (χ1n) is 21.1. The maximum Gasteiger partial charge on any atom is 0.0782 e. The highest BCUT2D eigenvalue weighted by atomic mass is 32.1. The monoisotopic (exact) mass is 824 g/mol. The van der Waals surface area contributed by atoms with Crippen molar-refractivity contribution in [2.45, 2.75) is 0 Å². The standard InChI is InChI=1S/C58H36N2S2/c1-3-15-37(16-4-1)42-23-13-26-50(56(42)39-29-32-48-54(35-39)62-53-34-30-38-17-7-8-20-43(38)57(48)53)59(41-31-33-46-45-22-10-12-28-52(45)61-55(46)36-41)51-27-14-24-47-44-21-9-11-25-49(44)60(58(47)51)40-18-5-2-6-19-40/h1-36H. The Morgan fingerprint density at radius 1 is 0.371 bits per heavy atom. The smallest absolute Gasteiger partial charge is 0.0782 e. The van der Waals surface area contributed by atoms with E-state index in [4.69, 9.17) is 0 Å². The average Bonchev–Trinajstić information content (AvgIpc) is 4.02. The van der Waals surface area contributed by atoms with Gasteiger partial charge in [-0.1, -0.05) is 158 Å². The van der Waals surface area contributed by atoms with Gasteiger partial charge in [-0.05, 0) is 88.1 Å². The Hall–Kier alpha value is -7.50. The summed E-state index contributed by atoms with van der Waals surface area (Å²) < 4.78 is 7.62. The molecule has 290 valence electrons. The summed E-state index contributed by atoms with van der Waals surface area (Å²) in [7, 11) is 0. The first-order valence-corrected chi connectivity index (χ1v) is 22.7. The molecular formula is C58H36N2S2. The second-order valence-electron chi connectivity index (χ2n) is 16.0. The van der Waals surface area contributed by atoms with Crippen LogP contribution in [0.1, 0.15) is 0 Å². The lowest BCUT2D eigenvalue weighted by Gasteiger charge is -2.30. The molecule has 13 rings (SSSR count). The Kier molecular flexibility index (Phi) is 7.99. The van der Waals surface area contributed by atoms with E-state index >= 15 is 0 Å². The van der Waals surface area contributed by atoms with Crippen molar-refractivity contribution in [2.24, 2.45) is 0 Å². The topological polar surface area (TPSA) is 8.17 Å². The molecule has 0 bridgehead atoms. The van der Waals surface area contributed by atoms with Crippen LogP contribution in [-0.4, -0.2) is 4.57 Å². The lowest BCUT2D eigenvalue weighted by molar-refractivity contribution is 1.17. The third-order valence-electron chi connectivity index (χ3n) is 12.6. The average molecular weight is 825 g/mol. The minimum Gasteiger partial charge on any atom is -0.308 e. The largest absolute Gasteiger partial charge is 0.308 e. The lowest BCUT2D eigenvalue weighted by Crippen LogP contribution is -2.13. The van der Waals surface area contributed by atoms with E-state index in [1.54, 1.807) is 0 Å². The number of hydrogen-bond acceptors (Lipinski definition) is 3. The highest BCUT2D eigenvalue weighted by Crippen LogP contribution is 2.51. The fourth-order valence-electron chi connectivity index (χ4n) is 9.88. The van der Waals surface area contributed by atoms with Crippen LogP contribution in [0, 0.1) is 0 Å². The molecule has 62 heavy (non-hydrogen) atoms. The van der Waals surface area contributed by atoms with Crippen molar-refractivity contribution >= 4 is 113 Å². The van der Waals surface area contributed by atoms with E-state index in [1.807, 2.05) is 22.7 Å². The molecule has 2 nitrogen and oxygen atoms in total. The van der Waals surface area contributed by atoms with Crippen LogP contribution in [-0.2, 0) is 0 Å². The number of aromatic nitrogens is 1. The van der Waals surface area contributed by atoms with Crippen molar-refractivity contribution in [2.75, 3.05) is 4.90 Å². The molecule has 0 saturated heterocycles. The predicted octanol–water partition coefficient (Wildman–Crippen LogP) is 17.5. The van der Waals surface area contributed by atoms with Gasteiger partial charge in [0.1, 0.15) is 0 Å². The zero-order chi connectivity index (χ0) is 40.7. The van der Waals surface area contributed by atoms with E-state index in [-0.39, 0.29) is 0 Å². The first kappa shape index (κ1) is 35.3. The van der Waals surface area contributed by atoms with E-state index in [1.165, 1.54) is 95.2 Å². The first-order chi connectivity index (χ1) is 30.8. The van der Waals surface area contributed by atoms with Crippen LogP contribution >= 0.6 is 22.7 Å². The predicted molar refractivity (Wildman–Crippen MR) is 270 cm³/mol. The van der Waals surface area contributed by atoms with E-state index in [0.29, 0.717) is 0 Å². The zero-order valence-electron chi connectivity index (χ0n) is 33.5. The number of hydrogen-bond donors (Lipinski definition) is 0. The third kappa shape index (κ3) is 5.41. The summed E-state index contributed by atoms with van der Waals surface area (Å²) in [5.74, 6) is 0. The summed E-state index contributed by atoms with van der Waals surface area (Å²) >= 11 is 3.75. The minimum atomic E-state index is 1.11. The van der Waals surface area contributed by atoms with Gasteiger partial charge in [-0.15, -0.1) is 22.7 Å². The van der Waals surface area contributed by atoms with Gasteiger partial charge in [-0.25, -0.2) is 0 Å². The number of benzene rings is 10. The molecule has 0 atom stereocenters. The highest BCUT2D eigenvalue weighted by Gasteiger charge is 2.26. The van der Waals surface area contributed by atoms with E-state index in [2.05, 4.69) is 228 Å². The van der Waals surface area contributed by atoms with Gasteiger partial charge in [0, 0.05) is 68.1 Å². The molecule has 0 radical (unpaired) electrons. The number of para-hydroxylation sites is 3. The van der Waals surface area contributed by atoms with Gasteiger partial charge in [0.15, 0.2) is 0 Å². The SMILES string of the molecule is c1ccc(-c2cccc(N(c3ccc4c(c3)sc3ccccc34)c3cccc4c5ccccc5n(-c5ccccc5)c34)c2-c2ccc3c(c2)sc2ccc4ccccc4c23)cc1. The van der Waals surface area contributed by atoms with Gasteiger partial charge in [0.05, 0.1) is 22.4 Å². The van der Waals surface area contributed by atoms with Crippen LogP contribution in [0.4, 0.5) is 17.1 Å². The van der Waals surface area contributed by atoms with Crippen molar-refractivity contribution in [1.82, 2.24) is 4.57 Å². The van der Waals surface area contributed by atoms with Crippen molar-refractivity contribution in [3.05, 3.63) is 218 Å². The van der Waals surface area contributed by atoms with Crippen LogP contribution in [0.15, 0.2) is 218 Å². The summed E-state index contributed by atoms with van der Waals surface area (Å²) in [4.78, 5) is 2.54. The Balaban J connectivity index is 1.15. The van der Waals surface area contributed by atoms with Gasteiger partial charge in [0.2, 0.25) is 0 Å². The quantitative estimate of drug-likeness (QED) is 0.162. The maximum absolute atomic E-state index is 2.54. The van der Waals surface area contributed by atoms with Gasteiger partial charge in [0.25, 0.3) is 0 Å². The van der Waals surface area contributed by atoms with Crippen molar-refractivity contribution in [3.63, 3.8) is 0 Å². The second kappa shape index (κ2) is 14.0. The molecule has 0 spiro atoms. The Morgan fingerprint density at radius 2 is 1.03 bits per heavy atom. The number of fused-ring (bicyclic) bond motifs is 11. The van der Waals surface area contributed by atoms with E-state index < -0.39 is 0 Å². The molecule has 0 aliphatic carbocycles. The molecule has 13 aromatic rings. The number of anilines is 3. The van der Waals surface area contributed by atoms with Crippen molar-refractivity contribution in [1.29, 1.82) is 0 Å². The molecule has 4 heteroatoms. The van der Waals surface area contributed by atoms with Gasteiger partial charge in [-0.3, -0.25) is 0 Å². The van der Waals surface area contributed by atoms with Gasteiger partial charge in [-0.2, -0.15) is 0 Å². The van der Waals surface area contributed by atoms with Crippen LogP contribution in [0.2, 0.25) is 0 Å². The molecule has 0 N–H and O–H groups in total. The molecule has 0 fully saturated rings. The summed E-state index contributed by atoms with van der Waals surface area (Å²) in [5.41, 5.74) is 11.6. The van der Waals surface area contributed by atoms with Crippen LogP contribution in [0.5, 0.6) is 0 Å². The number of rotatable bonds is 6. The molecule has 0 unspecified atom stereocenters. The summed E-state index contributed by atoms with van der Waals surface area (Å²) in [6.07, 6.45) is 0. The number of nitrogens with zero attached hydrogens (tertiary/aromatic N) is 2. The minimum absolute atomic E-state index is 1.11. The molecular weight excluding hydrogens is 789 g/mol. The van der Waals surface area contributed by atoms with Crippen molar-refractivity contribution < 1.29 is 0 Å². The fraction of sp³-hybridized carbons (Fsp3) is 0. The zero-order valence-corrected chi connectivity index (χ0v) is 35.1. The second-order valence-corrected chi connectivity index (χ2v) is 18.2. The normalized spacial score (nSPS) is 11.9. The highest BCUT2D eigenvalue weighted by molar-refractivity contribution is 7.26. The number of thiophene rings is 2. The Bertz CT molecular complexity index is 3870. The molecule has 0 amide bonds. The lowest BCUT2D eigenvalue weighted by atomic mass is 9.91. The molecule has 0 aliphatic heterocycles. The fourth-order valence-corrected chi connectivity index (χ4v) is 12.2. The summed E-state index contributed by atoms with van der Waals surface area (Å²) in [5, 5.41) is 10.2. The van der Waals surface area contributed by atoms with Gasteiger partial charge < -0.3 is 9.47 Å².